The van der Waals surface area contributed by atoms with Crippen LogP contribution in [0.15, 0.2) is 132 Å². The lowest BCUT2D eigenvalue weighted by atomic mass is 9.93. The highest BCUT2D eigenvalue weighted by molar-refractivity contribution is 6.26. The molecule has 2 nitrogen and oxygen atoms in total. The number of hydrogen-bond acceptors (Lipinski definition) is 1. The van der Waals surface area contributed by atoms with Crippen LogP contribution in [-0.4, -0.2) is 4.57 Å². The maximum absolute atomic E-state index is 6.54. The van der Waals surface area contributed by atoms with Crippen LogP contribution in [0.3, 0.4) is 0 Å². The molecule has 8 rings (SSSR count). The minimum absolute atomic E-state index is 0.923. The van der Waals surface area contributed by atoms with E-state index in [9.17, 15) is 0 Å². The van der Waals surface area contributed by atoms with Crippen LogP contribution in [0.2, 0.25) is 0 Å². The molecule has 0 aliphatic heterocycles. The van der Waals surface area contributed by atoms with Gasteiger partial charge in [-0.25, -0.2) is 0 Å². The van der Waals surface area contributed by atoms with Crippen LogP contribution in [0.4, 0.5) is 0 Å². The van der Waals surface area contributed by atoms with Crippen molar-refractivity contribution in [3.05, 3.63) is 128 Å². The summed E-state index contributed by atoms with van der Waals surface area (Å²) in [6, 6.07) is 43.2. The van der Waals surface area contributed by atoms with Gasteiger partial charge in [-0.2, -0.15) is 0 Å². The van der Waals surface area contributed by atoms with E-state index < -0.39 is 0 Å². The zero-order chi connectivity index (χ0) is 23.6. The Morgan fingerprint density at radius 2 is 1.31 bits per heavy atom. The summed E-state index contributed by atoms with van der Waals surface area (Å²) in [6.07, 6.45) is 2.17. The molecule has 0 saturated heterocycles. The summed E-state index contributed by atoms with van der Waals surface area (Å²) in [5, 5.41) is 8.37. The van der Waals surface area contributed by atoms with Crippen LogP contribution < -0.4 is 0 Å². The van der Waals surface area contributed by atoms with E-state index in [-0.39, 0.29) is 0 Å². The molecule has 0 aliphatic carbocycles. The molecule has 2 aromatic heterocycles. The molecular weight excluding hydrogens is 438 g/mol. The molecule has 2 heterocycles. The van der Waals surface area contributed by atoms with Crippen LogP contribution in [-0.2, 0) is 0 Å². The van der Waals surface area contributed by atoms with Gasteiger partial charge in [0.05, 0.1) is 5.52 Å². The van der Waals surface area contributed by atoms with Crippen molar-refractivity contribution in [2.75, 3.05) is 0 Å². The highest BCUT2D eigenvalue weighted by Gasteiger charge is 2.18. The Balaban J connectivity index is 1.55. The van der Waals surface area contributed by atoms with E-state index in [2.05, 4.69) is 126 Å². The third kappa shape index (κ3) is 2.73. The number of fused-ring (bicyclic) bond motifs is 8. The maximum Gasteiger partial charge on any atom is 0.143 e. The first-order chi connectivity index (χ1) is 17.8. The Morgan fingerprint density at radius 3 is 2.22 bits per heavy atom. The van der Waals surface area contributed by atoms with Crippen molar-refractivity contribution in [3.63, 3.8) is 0 Å². The Bertz CT molecular complexity index is 2090. The summed E-state index contributed by atoms with van der Waals surface area (Å²) >= 11 is 0. The first-order valence-corrected chi connectivity index (χ1v) is 12.3. The van der Waals surface area contributed by atoms with Crippen molar-refractivity contribution >= 4 is 54.4 Å². The summed E-state index contributed by atoms with van der Waals surface area (Å²) < 4.78 is 8.82. The summed E-state index contributed by atoms with van der Waals surface area (Å²) in [7, 11) is 0. The average Bonchev–Trinajstić information content (AvgIpc) is 3.54. The molecule has 0 spiro atoms. The molecule has 0 aliphatic rings. The fourth-order valence-corrected chi connectivity index (χ4v) is 5.71. The average molecular weight is 460 g/mol. The number of nitrogens with zero attached hydrogens (tertiary/aromatic N) is 1. The Morgan fingerprint density at radius 1 is 0.528 bits per heavy atom. The first kappa shape index (κ1) is 19.5. The van der Waals surface area contributed by atoms with Crippen molar-refractivity contribution in [2.45, 2.75) is 0 Å². The van der Waals surface area contributed by atoms with Gasteiger partial charge in [0.1, 0.15) is 11.2 Å². The lowest BCUT2D eigenvalue weighted by Crippen LogP contribution is -1.92. The maximum atomic E-state index is 6.54. The molecule has 0 fully saturated rings. The number of para-hydroxylation sites is 2. The van der Waals surface area contributed by atoms with Crippen LogP contribution in [0, 0.1) is 0 Å². The van der Waals surface area contributed by atoms with Gasteiger partial charge in [-0.1, -0.05) is 78.9 Å². The van der Waals surface area contributed by atoms with Gasteiger partial charge in [0.15, 0.2) is 0 Å². The third-order valence-electron chi connectivity index (χ3n) is 7.41. The van der Waals surface area contributed by atoms with Gasteiger partial charge in [0.25, 0.3) is 0 Å². The normalized spacial score (nSPS) is 11.9. The van der Waals surface area contributed by atoms with Gasteiger partial charge in [-0.3, -0.25) is 0 Å². The van der Waals surface area contributed by atoms with Crippen LogP contribution >= 0.6 is 0 Å². The van der Waals surface area contributed by atoms with Crippen LogP contribution in [0.25, 0.3) is 71.2 Å². The lowest BCUT2D eigenvalue weighted by molar-refractivity contribution is 0.673. The molecular formula is C34H21NO. The summed E-state index contributed by atoms with van der Waals surface area (Å²) in [4.78, 5) is 0. The highest BCUT2D eigenvalue weighted by atomic mass is 16.3. The molecule has 0 N–H and O–H groups in total. The van der Waals surface area contributed by atoms with Gasteiger partial charge in [0.2, 0.25) is 0 Å². The van der Waals surface area contributed by atoms with Gasteiger partial charge in [-0.15, -0.1) is 0 Å². The van der Waals surface area contributed by atoms with Crippen molar-refractivity contribution in [3.8, 4) is 16.8 Å². The van der Waals surface area contributed by atoms with Crippen molar-refractivity contribution in [1.29, 1.82) is 0 Å². The number of benzene rings is 6. The van der Waals surface area contributed by atoms with Crippen LogP contribution in [0.1, 0.15) is 0 Å². The molecule has 0 atom stereocenters. The summed E-state index contributed by atoms with van der Waals surface area (Å²) in [5.41, 5.74) is 6.61. The molecule has 0 bridgehead atoms. The second-order valence-electron chi connectivity index (χ2n) is 9.40. The lowest BCUT2D eigenvalue weighted by Gasteiger charge is -2.13. The topological polar surface area (TPSA) is 18.1 Å². The molecule has 0 unspecified atom stereocenters. The summed E-state index contributed by atoms with van der Waals surface area (Å²) in [6.45, 7) is 0. The molecule has 36 heavy (non-hydrogen) atoms. The van der Waals surface area contributed by atoms with E-state index in [0.29, 0.717) is 0 Å². The minimum Gasteiger partial charge on any atom is -0.455 e. The molecule has 2 heteroatoms. The number of furan rings is 1. The van der Waals surface area contributed by atoms with Gasteiger partial charge in [-0.05, 0) is 69.8 Å². The predicted molar refractivity (Wildman–Crippen MR) is 151 cm³/mol. The second-order valence-corrected chi connectivity index (χ2v) is 9.40. The van der Waals surface area contributed by atoms with Gasteiger partial charge < -0.3 is 8.98 Å². The molecule has 8 aromatic rings. The fraction of sp³-hybridized carbons (Fsp3) is 0. The number of aromatic nitrogens is 1. The molecule has 0 saturated carbocycles. The van der Waals surface area contributed by atoms with E-state index in [1.807, 2.05) is 6.07 Å². The van der Waals surface area contributed by atoms with Crippen LogP contribution in [0.5, 0.6) is 0 Å². The summed E-state index contributed by atoms with van der Waals surface area (Å²) in [5.74, 6) is 0. The largest absolute Gasteiger partial charge is 0.455 e. The Kier molecular flexibility index (Phi) is 3.97. The standard InChI is InChI=1S/C34H21NO/c1-2-10-25(11-3-1)35-19-18-29-31(35)21-30(24-15-14-22-8-4-5-9-23(22)20-24)27-16-17-28-26-12-6-7-13-32(26)36-34(28)33(27)29/h1-21H. The molecule has 0 amide bonds. The van der Waals surface area contributed by atoms with Crippen molar-refractivity contribution < 1.29 is 4.42 Å². The molecule has 6 aromatic carbocycles. The first-order valence-electron chi connectivity index (χ1n) is 12.3. The Hall–Kier alpha value is -4.82. The third-order valence-corrected chi connectivity index (χ3v) is 7.41. The van der Waals surface area contributed by atoms with Crippen molar-refractivity contribution in [1.82, 2.24) is 4.57 Å². The zero-order valence-electron chi connectivity index (χ0n) is 19.5. The zero-order valence-corrected chi connectivity index (χ0v) is 19.5. The van der Waals surface area contributed by atoms with E-state index >= 15 is 0 Å². The SMILES string of the molecule is c1ccc(-n2ccc3c4c(ccc5c6ccccc6oc54)c(-c4ccc5ccccc5c4)cc32)cc1. The number of rotatable bonds is 2. The minimum atomic E-state index is 0.923. The number of hydrogen-bond donors (Lipinski definition) is 0. The van der Waals surface area contributed by atoms with E-state index in [1.165, 1.54) is 43.6 Å². The van der Waals surface area contributed by atoms with E-state index in [0.717, 1.165) is 27.6 Å². The predicted octanol–water partition coefficient (Wildman–Crippen LogP) is 9.50. The van der Waals surface area contributed by atoms with E-state index in [4.69, 9.17) is 4.42 Å². The monoisotopic (exact) mass is 459 g/mol. The van der Waals surface area contributed by atoms with Crippen molar-refractivity contribution in [2.24, 2.45) is 0 Å². The van der Waals surface area contributed by atoms with Gasteiger partial charge >= 0.3 is 0 Å². The fourth-order valence-electron chi connectivity index (χ4n) is 5.71. The second kappa shape index (κ2) is 7.34. The molecule has 168 valence electrons. The smallest absolute Gasteiger partial charge is 0.143 e. The molecule has 0 radical (unpaired) electrons. The quantitative estimate of drug-likeness (QED) is 0.252. The highest BCUT2D eigenvalue weighted by Crippen LogP contribution is 2.43. The van der Waals surface area contributed by atoms with E-state index in [1.54, 1.807) is 0 Å². The Labute approximate surface area is 207 Å². The van der Waals surface area contributed by atoms with Gasteiger partial charge in [0, 0.05) is 33.4 Å².